The summed E-state index contributed by atoms with van der Waals surface area (Å²) in [6.07, 6.45) is 5.30. The zero-order valence-electron chi connectivity index (χ0n) is 18.6. The molecule has 2 fully saturated rings. The van der Waals surface area contributed by atoms with Gasteiger partial charge in [-0.05, 0) is 55.0 Å². The fourth-order valence-electron chi connectivity index (χ4n) is 5.82. The maximum atomic E-state index is 13.6. The number of aromatic amines is 1. The highest BCUT2D eigenvalue weighted by Gasteiger charge is 2.45. The second-order valence-corrected chi connectivity index (χ2v) is 9.52. The first-order valence-electron chi connectivity index (χ1n) is 11.9. The standard InChI is InChI=1S/C26H28N4O3/c31-24(19-7-8-23-21(14-19)15-27-28-23)29-11-3-5-20(16-29)25(32)30-12-13-33-26(17-30)10-9-18-4-1-2-6-22(18)26/h1-2,4,6-8,14-15,20H,3,5,9-13,16-17H2,(H,27,28). The van der Waals surface area contributed by atoms with Crippen LogP contribution in [0.15, 0.2) is 48.7 Å². The van der Waals surface area contributed by atoms with Crippen molar-refractivity contribution in [3.8, 4) is 0 Å². The lowest BCUT2D eigenvalue weighted by molar-refractivity contribution is -0.157. The number of benzene rings is 2. The monoisotopic (exact) mass is 444 g/mol. The van der Waals surface area contributed by atoms with Crippen LogP contribution in [0.3, 0.4) is 0 Å². The topological polar surface area (TPSA) is 78.5 Å². The van der Waals surface area contributed by atoms with Crippen molar-refractivity contribution in [3.63, 3.8) is 0 Å². The third kappa shape index (κ3) is 3.51. The van der Waals surface area contributed by atoms with E-state index in [1.54, 1.807) is 6.20 Å². The van der Waals surface area contributed by atoms with Gasteiger partial charge >= 0.3 is 0 Å². The maximum absolute atomic E-state index is 13.6. The predicted molar refractivity (Wildman–Crippen MR) is 124 cm³/mol. The Bertz CT molecular complexity index is 1220. The van der Waals surface area contributed by atoms with E-state index in [-0.39, 0.29) is 23.3 Å². The molecule has 2 aromatic carbocycles. The van der Waals surface area contributed by atoms with E-state index in [9.17, 15) is 9.59 Å². The highest BCUT2D eigenvalue weighted by Crippen LogP contribution is 2.42. The van der Waals surface area contributed by atoms with E-state index in [1.165, 1.54) is 11.1 Å². The molecule has 2 saturated heterocycles. The summed E-state index contributed by atoms with van der Waals surface area (Å²) in [7, 11) is 0. The molecule has 170 valence electrons. The highest BCUT2D eigenvalue weighted by atomic mass is 16.5. The fraction of sp³-hybridized carbons (Fsp3) is 0.423. The summed E-state index contributed by atoms with van der Waals surface area (Å²) in [4.78, 5) is 30.6. The molecule has 6 rings (SSSR count). The molecule has 0 saturated carbocycles. The summed E-state index contributed by atoms with van der Waals surface area (Å²) >= 11 is 0. The van der Waals surface area contributed by atoms with Crippen molar-refractivity contribution in [2.24, 2.45) is 5.92 Å². The Labute approximate surface area is 192 Å². The number of likely N-dealkylation sites (tertiary alicyclic amines) is 1. The van der Waals surface area contributed by atoms with Crippen LogP contribution in [0.2, 0.25) is 0 Å². The number of morpholine rings is 1. The molecule has 7 heteroatoms. The summed E-state index contributed by atoms with van der Waals surface area (Å²) < 4.78 is 6.30. The summed E-state index contributed by atoms with van der Waals surface area (Å²) in [5.41, 5.74) is 3.74. The normalized spacial score (nSPS) is 24.9. The molecule has 1 N–H and O–H groups in total. The number of carbonyl (C=O) groups excluding carboxylic acids is 2. The first-order chi connectivity index (χ1) is 16.1. The Kier molecular flexibility index (Phi) is 4.94. The van der Waals surface area contributed by atoms with Crippen molar-refractivity contribution in [1.82, 2.24) is 20.0 Å². The number of ether oxygens (including phenoxy) is 1. The van der Waals surface area contributed by atoms with E-state index >= 15 is 0 Å². The van der Waals surface area contributed by atoms with E-state index in [2.05, 4.69) is 34.5 Å². The SMILES string of the molecule is O=C(c1ccc2[nH]ncc2c1)N1CCCC(C(=O)N2CCOC3(CCc4ccccc43)C2)C1. The van der Waals surface area contributed by atoms with Gasteiger partial charge in [0.05, 0.1) is 30.8 Å². The molecule has 1 aliphatic carbocycles. The number of aryl methyl sites for hydroxylation is 1. The number of amides is 2. The van der Waals surface area contributed by atoms with Gasteiger partial charge in [0, 0.05) is 30.6 Å². The van der Waals surface area contributed by atoms with Gasteiger partial charge in [0.15, 0.2) is 0 Å². The molecule has 0 bridgehead atoms. The van der Waals surface area contributed by atoms with Gasteiger partial charge in [0.1, 0.15) is 5.60 Å². The minimum absolute atomic E-state index is 0.0150. The smallest absolute Gasteiger partial charge is 0.253 e. The zero-order valence-corrected chi connectivity index (χ0v) is 18.6. The van der Waals surface area contributed by atoms with Crippen LogP contribution in [-0.4, -0.2) is 64.6 Å². The minimum Gasteiger partial charge on any atom is -0.367 e. The molecule has 1 aromatic heterocycles. The first kappa shape index (κ1) is 20.4. The third-order valence-corrected chi connectivity index (χ3v) is 7.55. The molecule has 2 atom stereocenters. The van der Waals surface area contributed by atoms with Gasteiger partial charge in [-0.15, -0.1) is 0 Å². The average Bonchev–Trinajstić information content (AvgIpc) is 3.48. The van der Waals surface area contributed by atoms with Crippen LogP contribution in [0.5, 0.6) is 0 Å². The molecular formula is C26H28N4O3. The van der Waals surface area contributed by atoms with Gasteiger partial charge in [-0.2, -0.15) is 5.10 Å². The number of aromatic nitrogens is 2. The largest absolute Gasteiger partial charge is 0.367 e. The van der Waals surface area contributed by atoms with Crippen molar-refractivity contribution in [2.75, 3.05) is 32.8 Å². The van der Waals surface area contributed by atoms with Gasteiger partial charge in [0.2, 0.25) is 5.91 Å². The van der Waals surface area contributed by atoms with Crippen LogP contribution in [-0.2, 0) is 21.6 Å². The molecule has 3 aliphatic rings. The molecule has 3 aromatic rings. The number of hydrogen-bond acceptors (Lipinski definition) is 4. The number of nitrogens with zero attached hydrogens (tertiary/aromatic N) is 3. The van der Waals surface area contributed by atoms with Gasteiger partial charge in [-0.3, -0.25) is 14.7 Å². The molecule has 0 radical (unpaired) electrons. The lowest BCUT2D eigenvalue weighted by Gasteiger charge is -2.43. The van der Waals surface area contributed by atoms with Crippen LogP contribution in [0, 0.1) is 5.92 Å². The van der Waals surface area contributed by atoms with Crippen LogP contribution in [0.25, 0.3) is 10.9 Å². The Hall–Kier alpha value is -3.19. The van der Waals surface area contributed by atoms with Crippen molar-refractivity contribution in [1.29, 1.82) is 0 Å². The summed E-state index contributed by atoms with van der Waals surface area (Å²) in [5.74, 6) is -0.0178. The number of fused-ring (bicyclic) bond motifs is 3. The number of nitrogens with one attached hydrogen (secondary N) is 1. The average molecular weight is 445 g/mol. The van der Waals surface area contributed by atoms with Crippen LogP contribution in [0.4, 0.5) is 0 Å². The molecule has 2 unspecified atom stereocenters. The quantitative estimate of drug-likeness (QED) is 0.659. The van der Waals surface area contributed by atoms with E-state index in [4.69, 9.17) is 4.74 Å². The number of hydrogen-bond donors (Lipinski definition) is 1. The van der Waals surface area contributed by atoms with Crippen molar-refractivity contribution in [2.45, 2.75) is 31.3 Å². The molecule has 3 heterocycles. The van der Waals surface area contributed by atoms with Gasteiger partial charge in [0.25, 0.3) is 5.91 Å². The lowest BCUT2D eigenvalue weighted by Crippen LogP contribution is -2.54. The molecule has 2 aliphatic heterocycles. The fourth-order valence-corrected chi connectivity index (χ4v) is 5.82. The number of H-pyrrole nitrogens is 1. The Morgan fingerprint density at radius 3 is 2.97 bits per heavy atom. The van der Waals surface area contributed by atoms with Crippen LogP contribution in [0.1, 0.15) is 40.7 Å². The second-order valence-electron chi connectivity index (χ2n) is 9.52. The Morgan fingerprint density at radius 1 is 1.12 bits per heavy atom. The van der Waals surface area contributed by atoms with Gasteiger partial charge < -0.3 is 14.5 Å². The summed E-state index contributed by atoms with van der Waals surface area (Å²) in [6, 6.07) is 14.0. The molecule has 33 heavy (non-hydrogen) atoms. The Balaban J connectivity index is 1.17. The van der Waals surface area contributed by atoms with Crippen LogP contribution < -0.4 is 0 Å². The summed E-state index contributed by atoms with van der Waals surface area (Å²) in [5, 5.41) is 7.87. The predicted octanol–water partition coefficient (Wildman–Crippen LogP) is 3.12. The highest BCUT2D eigenvalue weighted by molar-refractivity contribution is 5.98. The van der Waals surface area contributed by atoms with Gasteiger partial charge in [-0.25, -0.2) is 0 Å². The van der Waals surface area contributed by atoms with E-state index in [0.29, 0.717) is 38.3 Å². The van der Waals surface area contributed by atoms with E-state index in [1.807, 2.05) is 28.0 Å². The number of rotatable bonds is 2. The zero-order chi connectivity index (χ0) is 22.4. The van der Waals surface area contributed by atoms with Gasteiger partial charge in [-0.1, -0.05) is 24.3 Å². The van der Waals surface area contributed by atoms with Crippen molar-refractivity contribution >= 4 is 22.7 Å². The van der Waals surface area contributed by atoms with Crippen molar-refractivity contribution < 1.29 is 14.3 Å². The van der Waals surface area contributed by atoms with E-state index < -0.39 is 0 Å². The molecule has 7 nitrogen and oxygen atoms in total. The third-order valence-electron chi connectivity index (χ3n) is 7.55. The number of piperidine rings is 1. The van der Waals surface area contributed by atoms with E-state index in [0.717, 1.165) is 36.6 Å². The second kappa shape index (κ2) is 7.99. The molecule has 1 spiro atoms. The number of carbonyl (C=O) groups is 2. The lowest BCUT2D eigenvalue weighted by atomic mass is 9.91. The Morgan fingerprint density at radius 2 is 2.03 bits per heavy atom. The minimum atomic E-state index is -0.380. The van der Waals surface area contributed by atoms with Crippen LogP contribution >= 0.6 is 0 Å². The summed E-state index contributed by atoms with van der Waals surface area (Å²) in [6.45, 7) is 2.93. The van der Waals surface area contributed by atoms with Crippen molar-refractivity contribution in [3.05, 3.63) is 65.4 Å². The first-order valence-corrected chi connectivity index (χ1v) is 11.9. The molecular weight excluding hydrogens is 416 g/mol. The molecule has 2 amide bonds. The maximum Gasteiger partial charge on any atom is 0.253 e.